The minimum atomic E-state index is 0.00856. The van der Waals surface area contributed by atoms with E-state index >= 15 is 0 Å². The van der Waals surface area contributed by atoms with Crippen molar-refractivity contribution in [1.29, 1.82) is 0 Å². The second-order valence-electron chi connectivity index (χ2n) is 4.37. The summed E-state index contributed by atoms with van der Waals surface area (Å²) >= 11 is 0. The molecule has 5 nitrogen and oxygen atoms in total. The molecule has 2 aromatic rings. The highest BCUT2D eigenvalue weighted by Crippen LogP contribution is 2.18. The van der Waals surface area contributed by atoms with Crippen LogP contribution < -0.4 is 0 Å². The molecule has 1 aliphatic heterocycles. The van der Waals surface area contributed by atoms with E-state index in [1.165, 1.54) is 0 Å². The first-order valence-corrected chi connectivity index (χ1v) is 5.85. The maximum absolute atomic E-state index is 12.4. The summed E-state index contributed by atoms with van der Waals surface area (Å²) in [7, 11) is 0. The molecule has 3 rings (SSSR count). The van der Waals surface area contributed by atoms with Crippen molar-refractivity contribution in [3.8, 4) is 0 Å². The van der Waals surface area contributed by atoms with Crippen molar-refractivity contribution in [3.05, 3.63) is 53.7 Å². The molecule has 0 spiro atoms. The molecule has 1 aliphatic rings. The third-order valence-electron chi connectivity index (χ3n) is 3.21. The van der Waals surface area contributed by atoms with E-state index in [1.54, 1.807) is 4.90 Å². The van der Waals surface area contributed by atoms with Crippen LogP contribution in [0.3, 0.4) is 0 Å². The minimum Gasteiger partial charge on any atom is -0.332 e. The monoisotopic (exact) mass is 241 g/mol. The third-order valence-corrected chi connectivity index (χ3v) is 3.21. The van der Waals surface area contributed by atoms with Crippen molar-refractivity contribution in [2.45, 2.75) is 13.0 Å². The fourth-order valence-electron chi connectivity index (χ4n) is 2.18. The zero-order valence-electron chi connectivity index (χ0n) is 9.89. The van der Waals surface area contributed by atoms with Gasteiger partial charge >= 0.3 is 0 Å². The topological polar surface area (TPSA) is 61.9 Å². The lowest BCUT2D eigenvalue weighted by atomic mass is 10.1. The highest BCUT2D eigenvalue weighted by atomic mass is 16.2. The Labute approximate surface area is 105 Å². The number of H-pyrrole nitrogens is 1. The van der Waals surface area contributed by atoms with Gasteiger partial charge in [0, 0.05) is 18.5 Å². The average Bonchev–Trinajstić information content (AvgIpc) is 2.85. The van der Waals surface area contributed by atoms with Crippen LogP contribution in [0.2, 0.25) is 0 Å². The molecule has 1 amide bonds. The molecule has 1 radical (unpaired) electrons. The number of hydrogen-bond acceptors (Lipinski definition) is 3. The maximum atomic E-state index is 12.4. The summed E-state index contributed by atoms with van der Waals surface area (Å²) in [5.41, 5.74) is 3.30. The molecule has 2 heterocycles. The fraction of sp³-hybridized carbons (Fsp3) is 0.231. The first-order chi connectivity index (χ1) is 8.75. The average molecular weight is 241 g/mol. The summed E-state index contributed by atoms with van der Waals surface area (Å²) < 4.78 is 0. The molecule has 0 saturated heterocycles. The number of carbonyl (C=O) groups excluding carboxylic acids is 1. The summed E-state index contributed by atoms with van der Waals surface area (Å²) in [6, 6.07) is 7.39. The molecule has 0 unspecified atom stereocenters. The number of aromatic amines is 1. The number of nitrogens with zero attached hydrogens (tertiary/aromatic N) is 3. The number of benzene rings is 1. The standard InChI is InChI=1S/C13H13N4O/c1-9-4-2-3-5-10(9)13(18)17-7-6-11-12(8-17)15-16-14-11/h2-5H,1,6-8H2,(H,14,15,16). The Balaban J connectivity index is 1.85. The zero-order valence-corrected chi connectivity index (χ0v) is 9.89. The lowest BCUT2D eigenvalue weighted by Crippen LogP contribution is -2.36. The highest BCUT2D eigenvalue weighted by molar-refractivity contribution is 5.96. The van der Waals surface area contributed by atoms with Gasteiger partial charge in [-0.1, -0.05) is 23.4 Å². The van der Waals surface area contributed by atoms with Gasteiger partial charge in [-0.15, -0.1) is 5.10 Å². The Bertz CT molecular complexity index is 590. The van der Waals surface area contributed by atoms with E-state index in [-0.39, 0.29) is 5.91 Å². The lowest BCUT2D eigenvalue weighted by molar-refractivity contribution is 0.0731. The van der Waals surface area contributed by atoms with Gasteiger partial charge in [0.2, 0.25) is 0 Å². The summed E-state index contributed by atoms with van der Waals surface area (Å²) in [6.07, 6.45) is 0.771. The van der Waals surface area contributed by atoms with Gasteiger partial charge in [0.1, 0.15) is 5.69 Å². The molecule has 18 heavy (non-hydrogen) atoms. The normalized spacial score (nSPS) is 14.4. The largest absolute Gasteiger partial charge is 0.332 e. The van der Waals surface area contributed by atoms with Gasteiger partial charge in [0.25, 0.3) is 5.91 Å². The van der Waals surface area contributed by atoms with Crippen LogP contribution in [0.1, 0.15) is 27.3 Å². The van der Waals surface area contributed by atoms with E-state index in [4.69, 9.17) is 0 Å². The predicted molar refractivity (Wildman–Crippen MR) is 65.7 cm³/mol. The van der Waals surface area contributed by atoms with Crippen LogP contribution in [0.15, 0.2) is 24.3 Å². The first-order valence-electron chi connectivity index (χ1n) is 5.85. The Hall–Kier alpha value is -2.17. The molecular weight excluding hydrogens is 228 g/mol. The minimum absolute atomic E-state index is 0.00856. The molecule has 0 bridgehead atoms. The summed E-state index contributed by atoms with van der Waals surface area (Å²) in [5.74, 6) is 0.00856. The van der Waals surface area contributed by atoms with Gasteiger partial charge in [-0.25, -0.2) is 0 Å². The number of rotatable bonds is 1. The van der Waals surface area contributed by atoms with Gasteiger partial charge in [-0.3, -0.25) is 9.89 Å². The quantitative estimate of drug-likeness (QED) is 0.815. The number of hydrogen-bond donors (Lipinski definition) is 1. The van der Waals surface area contributed by atoms with Crippen LogP contribution in [-0.2, 0) is 13.0 Å². The smallest absolute Gasteiger partial charge is 0.254 e. The zero-order chi connectivity index (χ0) is 12.5. The molecule has 91 valence electrons. The van der Waals surface area contributed by atoms with E-state index in [9.17, 15) is 4.79 Å². The molecular formula is C13H13N4O. The van der Waals surface area contributed by atoms with Crippen molar-refractivity contribution >= 4 is 5.91 Å². The Morgan fingerprint density at radius 2 is 2.22 bits per heavy atom. The van der Waals surface area contributed by atoms with E-state index in [2.05, 4.69) is 22.3 Å². The number of aromatic nitrogens is 3. The summed E-state index contributed by atoms with van der Waals surface area (Å²) in [6.45, 7) is 5.09. The van der Waals surface area contributed by atoms with Crippen LogP contribution >= 0.6 is 0 Å². The van der Waals surface area contributed by atoms with E-state index in [0.717, 1.165) is 23.4 Å². The van der Waals surface area contributed by atoms with Crippen LogP contribution in [0.25, 0.3) is 0 Å². The molecule has 1 N–H and O–H groups in total. The van der Waals surface area contributed by atoms with E-state index < -0.39 is 0 Å². The van der Waals surface area contributed by atoms with Crippen LogP contribution in [0, 0.1) is 6.92 Å². The summed E-state index contributed by atoms with van der Waals surface area (Å²) in [5, 5.41) is 10.6. The first kappa shape index (κ1) is 11.0. The van der Waals surface area contributed by atoms with Crippen LogP contribution in [0.4, 0.5) is 0 Å². The van der Waals surface area contributed by atoms with Crippen molar-refractivity contribution in [1.82, 2.24) is 20.3 Å². The second kappa shape index (κ2) is 4.25. The Morgan fingerprint density at radius 3 is 3.06 bits per heavy atom. The van der Waals surface area contributed by atoms with E-state index in [0.29, 0.717) is 18.7 Å². The second-order valence-corrected chi connectivity index (χ2v) is 4.37. The van der Waals surface area contributed by atoms with Crippen LogP contribution in [-0.4, -0.2) is 32.8 Å². The third kappa shape index (κ3) is 1.77. The Kier molecular flexibility index (Phi) is 2.59. The van der Waals surface area contributed by atoms with Gasteiger partial charge in [-0.2, -0.15) is 0 Å². The van der Waals surface area contributed by atoms with Crippen molar-refractivity contribution in [2.75, 3.05) is 6.54 Å². The van der Waals surface area contributed by atoms with Gasteiger partial charge in [0.05, 0.1) is 12.2 Å². The van der Waals surface area contributed by atoms with Crippen molar-refractivity contribution < 1.29 is 4.79 Å². The molecule has 1 aromatic carbocycles. The highest BCUT2D eigenvalue weighted by Gasteiger charge is 2.24. The van der Waals surface area contributed by atoms with Crippen molar-refractivity contribution in [3.63, 3.8) is 0 Å². The van der Waals surface area contributed by atoms with E-state index in [1.807, 2.05) is 24.3 Å². The number of carbonyl (C=O) groups is 1. The predicted octanol–water partition coefficient (Wildman–Crippen LogP) is 1.19. The fourth-order valence-corrected chi connectivity index (χ4v) is 2.18. The van der Waals surface area contributed by atoms with Gasteiger partial charge < -0.3 is 4.90 Å². The number of amides is 1. The number of nitrogens with one attached hydrogen (secondary N) is 1. The maximum Gasteiger partial charge on any atom is 0.254 e. The van der Waals surface area contributed by atoms with Gasteiger partial charge in [0.15, 0.2) is 0 Å². The van der Waals surface area contributed by atoms with Crippen LogP contribution in [0.5, 0.6) is 0 Å². The molecule has 0 aliphatic carbocycles. The molecule has 5 heteroatoms. The molecule has 1 aromatic heterocycles. The van der Waals surface area contributed by atoms with Gasteiger partial charge in [-0.05, 0) is 18.6 Å². The lowest BCUT2D eigenvalue weighted by Gasteiger charge is -2.26. The van der Waals surface area contributed by atoms with Crippen molar-refractivity contribution in [2.24, 2.45) is 0 Å². The molecule has 0 fully saturated rings. The molecule has 0 atom stereocenters. The SMILES string of the molecule is [CH2]c1ccccc1C(=O)N1CCc2[nH]nnc2C1. The number of fused-ring (bicyclic) bond motifs is 1. The Morgan fingerprint density at radius 1 is 1.39 bits per heavy atom. The molecule has 0 saturated carbocycles. The summed E-state index contributed by atoms with van der Waals surface area (Å²) in [4.78, 5) is 14.2.